The van der Waals surface area contributed by atoms with Crippen molar-refractivity contribution in [2.45, 2.75) is 17.9 Å². The highest BCUT2D eigenvalue weighted by atomic mass is 79.9. The molecule has 1 amide bonds. The van der Waals surface area contributed by atoms with Gasteiger partial charge in [0.25, 0.3) is 0 Å². The number of nitrogens with one attached hydrogen (secondary N) is 1. The molecule has 1 atom stereocenters. The molecule has 7 heteroatoms. The molecule has 0 aliphatic rings. The molecule has 0 aliphatic heterocycles. The van der Waals surface area contributed by atoms with Gasteiger partial charge in [0.05, 0.1) is 15.3 Å². The van der Waals surface area contributed by atoms with E-state index >= 15 is 0 Å². The number of amides is 1. The van der Waals surface area contributed by atoms with Crippen LogP contribution in [0.5, 0.6) is 0 Å². The van der Waals surface area contributed by atoms with Crippen molar-refractivity contribution < 1.29 is 9.18 Å². The third-order valence-corrected chi connectivity index (χ3v) is 5.76. The van der Waals surface area contributed by atoms with E-state index in [1.165, 1.54) is 35.2 Å². The van der Waals surface area contributed by atoms with Crippen LogP contribution >= 0.6 is 50.6 Å². The van der Waals surface area contributed by atoms with Gasteiger partial charge >= 0.3 is 0 Å². The molecule has 21 heavy (non-hydrogen) atoms. The summed E-state index contributed by atoms with van der Waals surface area (Å²) in [5.41, 5.74) is 0.190. The first-order chi connectivity index (χ1) is 9.95. The largest absolute Gasteiger partial charge is 0.323 e. The fourth-order valence-corrected chi connectivity index (χ4v) is 3.91. The maximum atomic E-state index is 13.7. The molecule has 0 saturated heterocycles. The molecule has 0 bridgehead atoms. The van der Waals surface area contributed by atoms with Crippen LogP contribution in [0, 0.1) is 5.82 Å². The number of hydrogen-bond donors (Lipinski definition) is 1. The van der Waals surface area contributed by atoms with E-state index in [0.717, 1.165) is 9.21 Å². The monoisotopic (exact) mass is 407 g/mol. The van der Waals surface area contributed by atoms with Crippen LogP contribution in [0.4, 0.5) is 10.1 Å². The van der Waals surface area contributed by atoms with Crippen LogP contribution in [-0.4, -0.2) is 11.2 Å². The molecule has 2 aromatic rings. The lowest BCUT2D eigenvalue weighted by Crippen LogP contribution is -2.23. The highest BCUT2D eigenvalue weighted by Crippen LogP contribution is 2.27. The van der Waals surface area contributed by atoms with Crippen LogP contribution in [0.2, 0.25) is 4.34 Å². The Hall–Kier alpha value is -0.560. The minimum atomic E-state index is -0.458. The normalized spacial score (nSPS) is 12.2. The van der Waals surface area contributed by atoms with Gasteiger partial charge in [-0.2, -0.15) is 0 Å². The molecule has 0 radical (unpaired) electrons. The topological polar surface area (TPSA) is 29.1 Å². The molecule has 1 aromatic heterocycles. The van der Waals surface area contributed by atoms with Crippen molar-refractivity contribution in [1.82, 2.24) is 0 Å². The SMILES string of the molecule is CC(SCc1ccc(Cl)s1)C(=O)Nc1ccc(Br)cc1F. The summed E-state index contributed by atoms with van der Waals surface area (Å²) in [6.45, 7) is 1.80. The smallest absolute Gasteiger partial charge is 0.237 e. The van der Waals surface area contributed by atoms with Gasteiger partial charge in [0.1, 0.15) is 5.82 Å². The number of thiophene rings is 1. The number of carbonyl (C=O) groups excluding carboxylic acids is 1. The molecule has 0 aliphatic carbocycles. The molecular formula is C14H12BrClFNOS2. The summed E-state index contributed by atoms with van der Waals surface area (Å²) in [6.07, 6.45) is 0. The molecule has 0 spiro atoms. The van der Waals surface area contributed by atoms with Crippen LogP contribution in [0.15, 0.2) is 34.8 Å². The Bertz CT molecular complexity index is 650. The molecule has 1 unspecified atom stereocenters. The fourth-order valence-electron chi connectivity index (χ4n) is 1.54. The lowest BCUT2D eigenvalue weighted by molar-refractivity contribution is -0.115. The minimum absolute atomic E-state index is 0.190. The third kappa shape index (κ3) is 4.98. The second-order valence-electron chi connectivity index (χ2n) is 4.27. The number of carbonyl (C=O) groups is 1. The zero-order valence-electron chi connectivity index (χ0n) is 11.0. The summed E-state index contributed by atoms with van der Waals surface area (Å²) in [7, 11) is 0. The first kappa shape index (κ1) is 16.8. The van der Waals surface area contributed by atoms with E-state index in [9.17, 15) is 9.18 Å². The highest BCUT2D eigenvalue weighted by molar-refractivity contribution is 9.10. The van der Waals surface area contributed by atoms with Crippen molar-refractivity contribution in [2.75, 3.05) is 5.32 Å². The Kier molecular flexibility index (Phi) is 6.10. The molecule has 0 saturated carbocycles. The van der Waals surface area contributed by atoms with Crippen molar-refractivity contribution in [2.24, 2.45) is 0 Å². The molecule has 1 N–H and O–H groups in total. The zero-order valence-corrected chi connectivity index (χ0v) is 15.0. The lowest BCUT2D eigenvalue weighted by atomic mass is 10.3. The summed E-state index contributed by atoms with van der Waals surface area (Å²) < 4.78 is 15.0. The Balaban J connectivity index is 1.90. The Morgan fingerprint density at radius 1 is 1.48 bits per heavy atom. The van der Waals surface area contributed by atoms with Crippen molar-refractivity contribution in [3.05, 3.63) is 49.8 Å². The van der Waals surface area contributed by atoms with Gasteiger partial charge in [-0.3, -0.25) is 4.79 Å². The summed E-state index contributed by atoms with van der Waals surface area (Å²) in [6, 6.07) is 8.32. The predicted molar refractivity (Wildman–Crippen MR) is 92.8 cm³/mol. The van der Waals surface area contributed by atoms with Crippen molar-refractivity contribution >= 4 is 62.2 Å². The average molecular weight is 409 g/mol. The second-order valence-corrected chi connectivity index (χ2v) is 8.32. The summed E-state index contributed by atoms with van der Waals surface area (Å²) in [5, 5.41) is 2.32. The van der Waals surface area contributed by atoms with Crippen LogP contribution < -0.4 is 5.32 Å². The fraction of sp³-hybridized carbons (Fsp3) is 0.214. The van der Waals surface area contributed by atoms with Gasteiger partial charge in [-0.25, -0.2) is 4.39 Å². The van der Waals surface area contributed by atoms with Crippen molar-refractivity contribution in [3.8, 4) is 0 Å². The van der Waals surface area contributed by atoms with E-state index in [4.69, 9.17) is 11.6 Å². The Morgan fingerprint density at radius 2 is 2.24 bits per heavy atom. The predicted octanol–water partition coefficient (Wildman–Crippen LogP) is 5.56. The van der Waals surface area contributed by atoms with Gasteiger partial charge in [-0.05, 0) is 37.3 Å². The standard InChI is InChI=1S/C14H12BrClFNOS2/c1-8(20-7-10-3-5-13(16)21-10)14(19)18-12-4-2-9(15)6-11(12)17/h2-6,8H,7H2,1H3,(H,18,19). The van der Waals surface area contributed by atoms with Crippen LogP contribution in [-0.2, 0) is 10.5 Å². The Morgan fingerprint density at radius 3 is 2.86 bits per heavy atom. The molecule has 0 fully saturated rings. The van der Waals surface area contributed by atoms with Crippen molar-refractivity contribution in [3.63, 3.8) is 0 Å². The highest BCUT2D eigenvalue weighted by Gasteiger charge is 2.16. The second kappa shape index (κ2) is 7.63. The van der Waals surface area contributed by atoms with E-state index in [1.54, 1.807) is 13.0 Å². The van der Waals surface area contributed by atoms with E-state index in [0.29, 0.717) is 10.2 Å². The summed E-state index contributed by atoms with van der Waals surface area (Å²) in [5.74, 6) is 0.0262. The van der Waals surface area contributed by atoms with Crippen LogP contribution in [0.1, 0.15) is 11.8 Å². The summed E-state index contributed by atoms with van der Waals surface area (Å²) in [4.78, 5) is 13.2. The molecule has 1 aromatic carbocycles. The zero-order chi connectivity index (χ0) is 15.4. The van der Waals surface area contributed by atoms with E-state index in [1.807, 2.05) is 12.1 Å². The maximum Gasteiger partial charge on any atom is 0.237 e. The van der Waals surface area contributed by atoms with Crippen LogP contribution in [0.25, 0.3) is 0 Å². The maximum absolute atomic E-state index is 13.7. The van der Waals surface area contributed by atoms with Gasteiger partial charge < -0.3 is 5.32 Å². The van der Waals surface area contributed by atoms with E-state index < -0.39 is 5.82 Å². The molecular weight excluding hydrogens is 397 g/mol. The van der Waals surface area contributed by atoms with Crippen LogP contribution in [0.3, 0.4) is 0 Å². The number of thioether (sulfide) groups is 1. The number of rotatable bonds is 5. The van der Waals surface area contributed by atoms with Crippen molar-refractivity contribution in [1.29, 1.82) is 0 Å². The van der Waals surface area contributed by atoms with E-state index in [-0.39, 0.29) is 16.8 Å². The Labute approximate surface area is 144 Å². The average Bonchev–Trinajstić information content (AvgIpc) is 2.85. The molecule has 2 rings (SSSR count). The number of halogens is 3. The molecule has 1 heterocycles. The van der Waals surface area contributed by atoms with Gasteiger partial charge in [0.15, 0.2) is 0 Å². The first-order valence-corrected chi connectivity index (χ1v) is 9.11. The number of anilines is 1. The third-order valence-electron chi connectivity index (χ3n) is 2.66. The van der Waals surface area contributed by atoms with Gasteiger partial charge in [0.2, 0.25) is 5.91 Å². The van der Waals surface area contributed by atoms with Gasteiger partial charge in [-0.1, -0.05) is 27.5 Å². The minimum Gasteiger partial charge on any atom is -0.323 e. The quantitative estimate of drug-likeness (QED) is 0.701. The first-order valence-electron chi connectivity index (χ1n) is 6.07. The summed E-state index contributed by atoms with van der Waals surface area (Å²) >= 11 is 12.0. The van der Waals surface area contributed by atoms with Gasteiger partial charge in [0, 0.05) is 15.1 Å². The molecule has 2 nitrogen and oxygen atoms in total. The number of benzene rings is 1. The van der Waals surface area contributed by atoms with Gasteiger partial charge in [-0.15, -0.1) is 23.1 Å². The molecule has 112 valence electrons. The van der Waals surface area contributed by atoms with E-state index in [2.05, 4.69) is 21.2 Å². The lowest BCUT2D eigenvalue weighted by Gasteiger charge is -2.12. The number of hydrogen-bond acceptors (Lipinski definition) is 3.